The van der Waals surface area contributed by atoms with Gasteiger partial charge >= 0.3 is 11.9 Å². The van der Waals surface area contributed by atoms with E-state index in [4.69, 9.17) is 8.83 Å². The number of hydrogen-bond acceptors (Lipinski definition) is 8. The highest BCUT2D eigenvalue weighted by Crippen LogP contribution is 2.32. The van der Waals surface area contributed by atoms with E-state index in [-0.39, 0.29) is 22.1 Å². The summed E-state index contributed by atoms with van der Waals surface area (Å²) in [5.74, 6) is -2.75. The third kappa shape index (κ3) is 8.10. The van der Waals surface area contributed by atoms with Crippen molar-refractivity contribution in [2.45, 2.75) is 48.6 Å². The van der Waals surface area contributed by atoms with Crippen molar-refractivity contribution in [3.63, 3.8) is 0 Å². The van der Waals surface area contributed by atoms with E-state index < -0.39 is 44.1 Å². The van der Waals surface area contributed by atoms with Crippen LogP contribution < -0.4 is 9.44 Å². The van der Waals surface area contributed by atoms with Gasteiger partial charge in [0.05, 0.1) is 9.79 Å². The van der Waals surface area contributed by atoms with Gasteiger partial charge in [0.15, 0.2) is 0 Å². The minimum absolute atomic E-state index is 0.00846. The molecule has 12 nitrogen and oxygen atoms in total. The van der Waals surface area contributed by atoms with Crippen LogP contribution in [0.4, 0.5) is 0 Å². The quantitative estimate of drug-likeness (QED) is 0.102. The molecule has 0 amide bonds. The third-order valence-electron chi connectivity index (χ3n) is 8.96. The molecule has 0 aliphatic rings. The number of furan rings is 2. The number of nitrogens with one attached hydrogen (secondary N) is 2. The van der Waals surface area contributed by atoms with Crippen LogP contribution in [-0.4, -0.2) is 51.1 Å². The number of aliphatic carboxylic acids is 2. The lowest BCUT2D eigenvalue weighted by atomic mass is 10.0. The van der Waals surface area contributed by atoms with E-state index in [0.29, 0.717) is 39.5 Å². The molecule has 4 N–H and O–H groups in total. The Morgan fingerprint density at radius 1 is 0.604 bits per heavy atom. The van der Waals surface area contributed by atoms with Crippen LogP contribution in [0, 0.1) is 5.92 Å². The molecule has 2 heterocycles. The Morgan fingerprint density at radius 3 is 1.53 bits per heavy atom. The van der Waals surface area contributed by atoms with Crippen LogP contribution in [0.5, 0.6) is 0 Å². The van der Waals surface area contributed by atoms with E-state index in [1.165, 1.54) is 24.3 Å². The summed E-state index contributed by atoms with van der Waals surface area (Å²) < 4.78 is 67.0. The Labute approximate surface area is 305 Å². The predicted molar refractivity (Wildman–Crippen MR) is 201 cm³/mol. The maximum absolute atomic E-state index is 12.8. The summed E-state index contributed by atoms with van der Waals surface area (Å²) in [6, 6.07) is 30.1. The molecule has 5 aromatic carbocycles. The molecule has 7 rings (SSSR count). The van der Waals surface area contributed by atoms with E-state index in [1.54, 1.807) is 43.3 Å². The molecule has 3 unspecified atom stereocenters. The second-order valence-electron chi connectivity index (χ2n) is 12.5. The summed E-state index contributed by atoms with van der Waals surface area (Å²) in [6.07, 6.45) is 0.594. The maximum atomic E-state index is 12.8. The molecule has 2 aromatic heterocycles. The maximum Gasteiger partial charge on any atom is 0.322 e. The fraction of sp³-hybridized carbons (Fsp3) is 0.179. The van der Waals surface area contributed by atoms with Crippen LogP contribution in [0.2, 0.25) is 0 Å². The van der Waals surface area contributed by atoms with Gasteiger partial charge < -0.3 is 19.0 Å². The summed E-state index contributed by atoms with van der Waals surface area (Å²) in [4.78, 5) is 23.0. The lowest BCUT2D eigenvalue weighted by Crippen LogP contribution is -2.44. The molecule has 0 saturated heterocycles. The highest BCUT2D eigenvalue weighted by molar-refractivity contribution is 7.89. The SMILES string of the molecule is CCC(C)C(NS(=O)(=O)c1ccc2oc3ccccc3c2c1)C(=O)O.O=C(O)C(Cc1ccccc1)NS(=O)(=O)c1ccc2oc3ccccc3c2c1. The summed E-state index contributed by atoms with van der Waals surface area (Å²) in [7, 11) is -8.01. The van der Waals surface area contributed by atoms with Crippen molar-refractivity contribution >= 4 is 75.9 Å². The highest BCUT2D eigenvalue weighted by Gasteiger charge is 2.30. The Bertz CT molecular complexity index is 2670. The fourth-order valence-electron chi connectivity index (χ4n) is 5.91. The van der Waals surface area contributed by atoms with E-state index in [0.717, 1.165) is 16.3 Å². The van der Waals surface area contributed by atoms with Crippen molar-refractivity contribution in [1.29, 1.82) is 0 Å². The molecule has 274 valence electrons. The molecular formula is C39H36N2O10S2. The van der Waals surface area contributed by atoms with Crippen molar-refractivity contribution < 1.29 is 45.5 Å². The lowest BCUT2D eigenvalue weighted by Gasteiger charge is -2.20. The van der Waals surface area contributed by atoms with Crippen LogP contribution in [0.25, 0.3) is 43.9 Å². The number of carboxylic acids is 2. The molecule has 7 aromatic rings. The molecule has 14 heteroatoms. The smallest absolute Gasteiger partial charge is 0.322 e. The summed E-state index contributed by atoms with van der Waals surface area (Å²) in [5.41, 5.74) is 3.21. The van der Waals surface area contributed by atoms with E-state index in [9.17, 15) is 36.6 Å². The molecule has 53 heavy (non-hydrogen) atoms. The number of benzene rings is 5. The standard InChI is InChI=1S/C21H17NO5S.C18H19NO5S/c23-21(24)18(12-14-6-2-1-3-7-14)22-28(25,26)15-10-11-20-17(13-15)16-8-4-5-9-19(16)27-20;1-3-11(2)17(18(20)21)19-25(22,23)12-8-9-16-14(10-12)13-6-4-5-7-15(13)24-16/h1-11,13,18,22H,12H2,(H,23,24);4-11,17,19H,3H2,1-2H3,(H,20,21). The Balaban J connectivity index is 0.000000183. The van der Waals surface area contributed by atoms with E-state index >= 15 is 0 Å². The van der Waals surface area contributed by atoms with Crippen molar-refractivity contribution in [3.05, 3.63) is 121 Å². The zero-order valence-electron chi connectivity index (χ0n) is 28.6. The average molecular weight is 757 g/mol. The van der Waals surface area contributed by atoms with Gasteiger partial charge in [-0.25, -0.2) is 16.8 Å². The van der Waals surface area contributed by atoms with Gasteiger partial charge in [0.1, 0.15) is 34.4 Å². The fourth-order valence-corrected chi connectivity index (χ4v) is 8.45. The monoisotopic (exact) mass is 756 g/mol. The summed E-state index contributed by atoms with van der Waals surface area (Å²) in [5, 5.41) is 21.8. The van der Waals surface area contributed by atoms with Gasteiger partial charge in [-0.3, -0.25) is 9.59 Å². The van der Waals surface area contributed by atoms with Crippen LogP contribution >= 0.6 is 0 Å². The highest BCUT2D eigenvalue weighted by atomic mass is 32.2. The van der Waals surface area contributed by atoms with E-state index in [1.807, 2.05) is 61.5 Å². The molecule has 0 spiro atoms. The number of rotatable bonds is 12. The van der Waals surface area contributed by atoms with Gasteiger partial charge in [-0.05, 0) is 66.4 Å². The van der Waals surface area contributed by atoms with Gasteiger partial charge in [0, 0.05) is 21.5 Å². The molecular weight excluding hydrogens is 721 g/mol. The van der Waals surface area contributed by atoms with Crippen molar-refractivity contribution in [2.75, 3.05) is 0 Å². The minimum atomic E-state index is -4.04. The van der Waals surface area contributed by atoms with E-state index in [2.05, 4.69) is 9.44 Å². The Kier molecular flexibility index (Phi) is 10.7. The third-order valence-corrected chi connectivity index (χ3v) is 11.9. The molecule has 0 aliphatic heterocycles. The van der Waals surface area contributed by atoms with Crippen LogP contribution in [0.1, 0.15) is 25.8 Å². The van der Waals surface area contributed by atoms with Gasteiger partial charge in [0.25, 0.3) is 0 Å². The molecule has 0 saturated carbocycles. The van der Waals surface area contributed by atoms with Gasteiger partial charge in [-0.2, -0.15) is 9.44 Å². The molecule has 0 aliphatic carbocycles. The van der Waals surface area contributed by atoms with Crippen molar-refractivity contribution in [1.82, 2.24) is 9.44 Å². The van der Waals surface area contributed by atoms with Crippen molar-refractivity contribution in [2.24, 2.45) is 5.92 Å². The summed E-state index contributed by atoms with van der Waals surface area (Å²) >= 11 is 0. The number of sulfonamides is 2. The number of fused-ring (bicyclic) bond motifs is 6. The largest absolute Gasteiger partial charge is 0.480 e. The first kappa shape index (κ1) is 37.2. The number of para-hydroxylation sites is 2. The first-order valence-corrected chi connectivity index (χ1v) is 19.6. The normalized spacial score (nSPS) is 13.8. The first-order chi connectivity index (χ1) is 25.3. The Morgan fingerprint density at radius 2 is 1.06 bits per heavy atom. The van der Waals surface area contributed by atoms with Crippen molar-refractivity contribution in [3.8, 4) is 0 Å². The topological polar surface area (TPSA) is 193 Å². The average Bonchev–Trinajstić information content (AvgIpc) is 3.71. The number of hydrogen-bond donors (Lipinski definition) is 4. The summed E-state index contributed by atoms with van der Waals surface area (Å²) in [6.45, 7) is 3.52. The molecule has 0 radical (unpaired) electrons. The number of carbonyl (C=O) groups is 2. The minimum Gasteiger partial charge on any atom is -0.480 e. The zero-order valence-corrected chi connectivity index (χ0v) is 30.2. The first-order valence-electron chi connectivity index (χ1n) is 16.6. The lowest BCUT2D eigenvalue weighted by molar-refractivity contribution is -0.140. The predicted octanol–water partition coefficient (Wildman–Crippen LogP) is 6.92. The number of carboxylic acid groups (broad SMARTS) is 2. The van der Waals surface area contributed by atoms with Crippen LogP contribution in [-0.2, 0) is 36.1 Å². The van der Waals surface area contributed by atoms with Gasteiger partial charge in [-0.1, -0.05) is 87.0 Å². The molecule has 0 fully saturated rings. The van der Waals surface area contributed by atoms with Gasteiger partial charge in [0.2, 0.25) is 20.0 Å². The van der Waals surface area contributed by atoms with Crippen LogP contribution in [0.15, 0.2) is 134 Å². The van der Waals surface area contributed by atoms with Crippen LogP contribution in [0.3, 0.4) is 0 Å². The molecule has 3 atom stereocenters. The second kappa shape index (κ2) is 15.2. The van der Waals surface area contributed by atoms with Gasteiger partial charge in [-0.15, -0.1) is 0 Å². The zero-order chi connectivity index (χ0) is 37.9. The molecule has 0 bridgehead atoms. The second-order valence-corrected chi connectivity index (χ2v) is 16.0. The Hall–Kier alpha value is -5.54.